The zero-order chi connectivity index (χ0) is 13.8. The highest BCUT2D eigenvalue weighted by Gasteiger charge is 2.18. The van der Waals surface area contributed by atoms with Gasteiger partial charge in [-0.3, -0.25) is 14.9 Å². The van der Waals surface area contributed by atoms with Gasteiger partial charge in [-0.25, -0.2) is 0 Å². The Morgan fingerprint density at radius 3 is 2.74 bits per heavy atom. The average Bonchev–Trinajstić information content (AvgIpc) is 2.81. The van der Waals surface area contributed by atoms with Gasteiger partial charge in [-0.2, -0.15) is 0 Å². The van der Waals surface area contributed by atoms with Crippen LogP contribution >= 0.6 is 11.3 Å². The molecule has 1 N–H and O–H groups in total. The van der Waals surface area contributed by atoms with Crippen molar-refractivity contribution < 1.29 is 9.72 Å². The predicted octanol–water partition coefficient (Wildman–Crippen LogP) is 2.89. The summed E-state index contributed by atoms with van der Waals surface area (Å²) in [6, 6.07) is 7.90. The zero-order valence-corrected chi connectivity index (χ0v) is 11.1. The number of benzene rings is 1. The molecule has 0 atom stereocenters. The fourth-order valence-corrected chi connectivity index (χ4v) is 2.51. The van der Waals surface area contributed by atoms with Crippen LogP contribution in [0.25, 0.3) is 0 Å². The highest BCUT2D eigenvalue weighted by atomic mass is 32.1. The quantitative estimate of drug-likeness (QED) is 0.689. The van der Waals surface area contributed by atoms with Crippen molar-refractivity contribution >= 4 is 22.9 Å². The number of nitro groups is 1. The number of nitrogens with zero attached hydrogens (tertiary/aromatic N) is 1. The fourth-order valence-electron chi connectivity index (χ4n) is 1.67. The summed E-state index contributed by atoms with van der Waals surface area (Å²) in [5.41, 5.74) is 1.01. The lowest BCUT2D eigenvalue weighted by Gasteiger charge is -2.05. The first-order chi connectivity index (χ1) is 9.09. The summed E-state index contributed by atoms with van der Waals surface area (Å²) in [6.45, 7) is 2.34. The molecule has 0 saturated carbocycles. The Morgan fingerprint density at radius 1 is 1.37 bits per heavy atom. The maximum atomic E-state index is 12.0. The Bertz CT molecular complexity index is 622. The Labute approximate surface area is 114 Å². The number of nitro benzene ring substituents is 1. The van der Waals surface area contributed by atoms with E-state index in [-0.39, 0.29) is 11.3 Å². The van der Waals surface area contributed by atoms with Gasteiger partial charge in [0.1, 0.15) is 5.56 Å². The van der Waals surface area contributed by atoms with Crippen molar-refractivity contribution in [3.05, 3.63) is 61.8 Å². The molecule has 0 saturated heterocycles. The van der Waals surface area contributed by atoms with E-state index in [1.54, 1.807) is 23.5 Å². The molecule has 1 aromatic heterocycles. The minimum atomic E-state index is -0.550. The molecular weight excluding hydrogens is 264 g/mol. The van der Waals surface area contributed by atoms with E-state index in [2.05, 4.69) is 5.32 Å². The maximum Gasteiger partial charge on any atom is 0.282 e. The number of para-hydroxylation sites is 1. The third-order valence-corrected chi connectivity index (χ3v) is 3.75. The Kier molecular flexibility index (Phi) is 3.91. The van der Waals surface area contributed by atoms with Gasteiger partial charge in [-0.05, 0) is 30.0 Å². The number of hydrogen-bond donors (Lipinski definition) is 1. The van der Waals surface area contributed by atoms with Gasteiger partial charge in [0.2, 0.25) is 0 Å². The van der Waals surface area contributed by atoms with Crippen LogP contribution in [0.1, 0.15) is 20.8 Å². The third-order valence-electron chi connectivity index (χ3n) is 2.72. The van der Waals surface area contributed by atoms with Crippen LogP contribution in [0.15, 0.2) is 35.7 Å². The standard InChI is InChI=1S/C13H12N2O3S/c1-9-6-7-19-12(9)8-14-13(16)10-4-2-3-5-11(10)15(17)18/h2-7H,8H2,1H3,(H,14,16). The first kappa shape index (κ1) is 13.2. The van der Waals surface area contributed by atoms with E-state index < -0.39 is 10.8 Å². The van der Waals surface area contributed by atoms with E-state index in [1.165, 1.54) is 12.1 Å². The molecule has 6 heteroatoms. The highest BCUT2D eigenvalue weighted by Crippen LogP contribution is 2.18. The van der Waals surface area contributed by atoms with Gasteiger partial charge < -0.3 is 5.32 Å². The molecule has 0 spiro atoms. The van der Waals surface area contributed by atoms with Crippen LogP contribution in [0.4, 0.5) is 5.69 Å². The molecule has 0 aliphatic rings. The molecule has 19 heavy (non-hydrogen) atoms. The summed E-state index contributed by atoms with van der Waals surface area (Å²) in [7, 11) is 0. The van der Waals surface area contributed by atoms with E-state index >= 15 is 0 Å². The first-order valence-corrected chi connectivity index (χ1v) is 6.52. The maximum absolute atomic E-state index is 12.0. The summed E-state index contributed by atoms with van der Waals surface area (Å²) in [6.07, 6.45) is 0. The molecule has 2 rings (SSSR count). The second-order valence-corrected chi connectivity index (χ2v) is 4.98. The zero-order valence-electron chi connectivity index (χ0n) is 10.3. The van der Waals surface area contributed by atoms with Crippen LogP contribution < -0.4 is 5.32 Å². The lowest BCUT2D eigenvalue weighted by Crippen LogP contribution is -2.23. The van der Waals surface area contributed by atoms with E-state index in [1.807, 2.05) is 18.4 Å². The number of aryl methyl sites for hydroxylation is 1. The monoisotopic (exact) mass is 276 g/mol. The minimum absolute atomic E-state index is 0.0849. The topological polar surface area (TPSA) is 72.2 Å². The number of amides is 1. The Morgan fingerprint density at radius 2 is 2.11 bits per heavy atom. The first-order valence-electron chi connectivity index (χ1n) is 5.64. The minimum Gasteiger partial charge on any atom is -0.347 e. The van der Waals surface area contributed by atoms with E-state index in [9.17, 15) is 14.9 Å². The number of hydrogen-bond acceptors (Lipinski definition) is 4. The molecule has 5 nitrogen and oxygen atoms in total. The smallest absolute Gasteiger partial charge is 0.282 e. The normalized spacial score (nSPS) is 10.2. The number of nitrogens with one attached hydrogen (secondary N) is 1. The van der Waals surface area contributed by atoms with Crippen LogP contribution in [0, 0.1) is 17.0 Å². The van der Waals surface area contributed by atoms with E-state index in [4.69, 9.17) is 0 Å². The molecule has 1 amide bonds. The summed E-state index contributed by atoms with van der Waals surface area (Å²) < 4.78 is 0. The molecule has 0 aliphatic heterocycles. The molecule has 0 aliphatic carbocycles. The summed E-state index contributed by atoms with van der Waals surface area (Å²) in [5.74, 6) is -0.430. The van der Waals surface area contributed by atoms with Gasteiger partial charge in [0.05, 0.1) is 11.5 Å². The second kappa shape index (κ2) is 5.62. The second-order valence-electron chi connectivity index (χ2n) is 3.98. The summed E-state index contributed by atoms with van der Waals surface area (Å²) >= 11 is 1.55. The fraction of sp³-hybridized carbons (Fsp3) is 0.154. The molecule has 0 bridgehead atoms. The number of carbonyl (C=O) groups excluding carboxylic acids is 1. The molecular formula is C13H12N2O3S. The number of thiophene rings is 1. The third kappa shape index (κ3) is 2.97. The number of rotatable bonds is 4. The van der Waals surface area contributed by atoms with Crippen molar-refractivity contribution in [1.29, 1.82) is 0 Å². The molecule has 98 valence electrons. The lowest BCUT2D eigenvalue weighted by atomic mass is 10.1. The summed E-state index contributed by atoms with van der Waals surface area (Å²) in [5, 5.41) is 15.5. The molecule has 1 heterocycles. The molecule has 0 fully saturated rings. The largest absolute Gasteiger partial charge is 0.347 e. The predicted molar refractivity (Wildman–Crippen MR) is 73.3 cm³/mol. The van der Waals surface area contributed by atoms with Crippen LogP contribution in [0.5, 0.6) is 0 Å². The van der Waals surface area contributed by atoms with Crippen molar-refractivity contribution in [3.8, 4) is 0 Å². The molecule has 0 unspecified atom stereocenters. The van der Waals surface area contributed by atoms with Gasteiger partial charge in [-0.1, -0.05) is 12.1 Å². The van der Waals surface area contributed by atoms with Gasteiger partial charge in [0.25, 0.3) is 11.6 Å². The molecule has 2 aromatic rings. The van der Waals surface area contributed by atoms with Crippen molar-refractivity contribution in [1.82, 2.24) is 5.32 Å². The van der Waals surface area contributed by atoms with Crippen LogP contribution in [0.2, 0.25) is 0 Å². The average molecular weight is 276 g/mol. The van der Waals surface area contributed by atoms with Crippen molar-refractivity contribution in [2.75, 3.05) is 0 Å². The van der Waals surface area contributed by atoms with Crippen LogP contribution in [-0.4, -0.2) is 10.8 Å². The van der Waals surface area contributed by atoms with Crippen LogP contribution in [-0.2, 0) is 6.54 Å². The van der Waals surface area contributed by atoms with E-state index in [0.29, 0.717) is 6.54 Å². The Balaban J connectivity index is 2.13. The van der Waals surface area contributed by atoms with Gasteiger partial charge >= 0.3 is 0 Å². The number of carbonyl (C=O) groups is 1. The molecule has 1 aromatic carbocycles. The lowest BCUT2D eigenvalue weighted by molar-refractivity contribution is -0.385. The van der Waals surface area contributed by atoms with Crippen molar-refractivity contribution in [2.45, 2.75) is 13.5 Å². The van der Waals surface area contributed by atoms with Gasteiger partial charge in [0.15, 0.2) is 0 Å². The molecule has 0 radical (unpaired) electrons. The van der Waals surface area contributed by atoms with Crippen LogP contribution in [0.3, 0.4) is 0 Å². The summed E-state index contributed by atoms with van der Waals surface area (Å²) in [4.78, 5) is 23.3. The van der Waals surface area contributed by atoms with Gasteiger partial charge in [-0.15, -0.1) is 11.3 Å². The Hall–Kier alpha value is -2.21. The SMILES string of the molecule is Cc1ccsc1CNC(=O)c1ccccc1[N+](=O)[O-]. The van der Waals surface area contributed by atoms with Gasteiger partial charge in [0, 0.05) is 10.9 Å². The van der Waals surface area contributed by atoms with E-state index in [0.717, 1.165) is 10.4 Å². The van der Waals surface area contributed by atoms with Crippen molar-refractivity contribution in [3.63, 3.8) is 0 Å². The van der Waals surface area contributed by atoms with Crippen molar-refractivity contribution in [2.24, 2.45) is 0 Å². The highest BCUT2D eigenvalue weighted by molar-refractivity contribution is 7.10.